The summed E-state index contributed by atoms with van der Waals surface area (Å²) >= 11 is 0. The summed E-state index contributed by atoms with van der Waals surface area (Å²) in [6.07, 6.45) is 5.02. The minimum absolute atomic E-state index is 0.245. The van der Waals surface area contributed by atoms with Gasteiger partial charge in [-0.3, -0.25) is 9.80 Å². The lowest BCUT2D eigenvalue weighted by atomic mass is 10.0. The van der Waals surface area contributed by atoms with Crippen LogP contribution in [-0.4, -0.2) is 35.0 Å². The fourth-order valence-corrected chi connectivity index (χ4v) is 5.47. The highest BCUT2D eigenvalue weighted by molar-refractivity contribution is 5.80. The van der Waals surface area contributed by atoms with Gasteiger partial charge in [0.15, 0.2) is 0 Å². The predicted octanol–water partition coefficient (Wildman–Crippen LogP) is 4.73. The van der Waals surface area contributed by atoms with Crippen LogP contribution in [0.15, 0.2) is 63.8 Å². The zero-order valence-corrected chi connectivity index (χ0v) is 17.7. The van der Waals surface area contributed by atoms with Crippen molar-refractivity contribution in [2.45, 2.75) is 57.8 Å². The van der Waals surface area contributed by atoms with Gasteiger partial charge in [-0.2, -0.15) is 0 Å². The molecule has 0 saturated carbocycles. The standard InChI is InChI=1S/C26H30N2O2/c1-19-11-12-22-21(16-26(29)30-25(22)15-19)18-28-14-6-10-24(28)23-9-5-13-27(23)17-20-7-3-2-4-8-20/h2-4,7-8,11-12,15-16,23-24H,5-6,9-10,13-14,17-18H2,1H3. The van der Waals surface area contributed by atoms with E-state index in [1.54, 1.807) is 6.07 Å². The Kier molecular flexibility index (Phi) is 5.45. The fourth-order valence-electron chi connectivity index (χ4n) is 5.47. The zero-order valence-electron chi connectivity index (χ0n) is 17.7. The number of benzene rings is 2. The molecule has 5 rings (SSSR count). The molecule has 0 radical (unpaired) electrons. The van der Waals surface area contributed by atoms with Crippen LogP contribution in [0.5, 0.6) is 0 Å². The molecular formula is C26H30N2O2. The molecule has 2 unspecified atom stereocenters. The van der Waals surface area contributed by atoms with Crippen molar-refractivity contribution in [1.29, 1.82) is 0 Å². The summed E-state index contributed by atoms with van der Waals surface area (Å²) in [6, 6.07) is 19.9. The monoisotopic (exact) mass is 402 g/mol. The van der Waals surface area contributed by atoms with Gasteiger partial charge in [0.25, 0.3) is 0 Å². The minimum Gasteiger partial charge on any atom is -0.423 e. The average molecular weight is 403 g/mol. The van der Waals surface area contributed by atoms with Crippen LogP contribution < -0.4 is 5.63 Å². The normalized spacial score (nSPS) is 22.8. The maximum atomic E-state index is 12.2. The molecule has 156 valence electrons. The molecule has 2 saturated heterocycles. The zero-order chi connectivity index (χ0) is 20.5. The van der Waals surface area contributed by atoms with Gasteiger partial charge < -0.3 is 4.42 Å². The summed E-state index contributed by atoms with van der Waals surface area (Å²) in [5.41, 5.74) is 4.08. The first kappa shape index (κ1) is 19.5. The van der Waals surface area contributed by atoms with Gasteiger partial charge in [-0.15, -0.1) is 0 Å². The smallest absolute Gasteiger partial charge is 0.336 e. The molecule has 3 heterocycles. The van der Waals surface area contributed by atoms with Crippen molar-refractivity contribution < 1.29 is 4.42 Å². The van der Waals surface area contributed by atoms with Gasteiger partial charge in [0.1, 0.15) is 5.58 Å². The van der Waals surface area contributed by atoms with E-state index in [4.69, 9.17) is 4.42 Å². The van der Waals surface area contributed by atoms with E-state index in [9.17, 15) is 4.79 Å². The minimum atomic E-state index is -0.245. The van der Waals surface area contributed by atoms with Crippen LogP contribution in [-0.2, 0) is 13.1 Å². The van der Waals surface area contributed by atoms with Crippen molar-refractivity contribution in [3.8, 4) is 0 Å². The third-order valence-corrected chi connectivity index (χ3v) is 6.86. The highest BCUT2D eigenvalue weighted by atomic mass is 16.4. The van der Waals surface area contributed by atoms with Crippen molar-refractivity contribution in [3.63, 3.8) is 0 Å². The van der Waals surface area contributed by atoms with E-state index in [0.717, 1.165) is 36.1 Å². The second-order valence-electron chi connectivity index (χ2n) is 8.94. The number of fused-ring (bicyclic) bond motifs is 1. The number of likely N-dealkylation sites (tertiary alicyclic amines) is 2. The van der Waals surface area contributed by atoms with E-state index in [1.165, 1.54) is 37.8 Å². The van der Waals surface area contributed by atoms with Gasteiger partial charge in [0, 0.05) is 36.6 Å². The number of nitrogens with zero attached hydrogens (tertiary/aromatic N) is 2. The van der Waals surface area contributed by atoms with Gasteiger partial charge in [0.2, 0.25) is 0 Å². The number of hydrogen-bond acceptors (Lipinski definition) is 4. The second-order valence-corrected chi connectivity index (χ2v) is 8.94. The van der Waals surface area contributed by atoms with E-state index < -0.39 is 0 Å². The van der Waals surface area contributed by atoms with E-state index in [1.807, 2.05) is 13.0 Å². The molecule has 2 atom stereocenters. The molecule has 3 aromatic rings. The maximum absolute atomic E-state index is 12.2. The molecule has 2 aliphatic rings. The first-order valence-electron chi connectivity index (χ1n) is 11.2. The summed E-state index contributed by atoms with van der Waals surface area (Å²) in [6.45, 7) is 6.18. The summed E-state index contributed by atoms with van der Waals surface area (Å²) < 4.78 is 5.48. The van der Waals surface area contributed by atoms with E-state index in [-0.39, 0.29) is 5.63 Å². The number of aryl methyl sites for hydroxylation is 1. The largest absolute Gasteiger partial charge is 0.423 e. The third-order valence-electron chi connectivity index (χ3n) is 6.86. The van der Waals surface area contributed by atoms with Gasteiger partial charge in [-0.05, 0) is 68.5 Å². The molecule has 4 nitrogen and oxygen atoms in total. The molecule has 4 heteroatoms. The van der Waals surface area contributed by atoms with Gasteiger partial charge in [-0.25, -0.2) is 4.79 Å². The van der Waals surface area contributed by atoms with Crippen LogP contribution in [0.2, 0.25) is 0 Å². The van der Waals surface area contributed by atoms with Crippen molar-refractivity contribution in [2.24, 2.45) is 0 Å². The Bertz CT molecular complexity index is 1080. The fraction of sp³-hybridized carbons (Fsp3) is 0.423. The van der Waals surface area contributed by atoms with Gasteiger partial charge in [0.05, 0.1) is 0 Å². The molecule has 0 N–H and O–H groups in total. The first-order valence-corrected chi connectivity index (χ1v) is 11.2. The van der Waals surface area contributed by atoms with E-state index >= 15 is 0 Å². The molecule has 0 amide bonds. The predicted molar refractivity (Wildman–Crippen MR) is 121 cm³/mol. The lowest BCUT2D eigenvalue weighted by Crippen LogP contribution is -2.45. The van der Waals surface area contributed by atoms with Crippen LogP contribution >= 0.6 is 0 Å². The topological polar surface area (TPSA) is 36.7 Å². The first-order chi connectivity index (χ1) is 14.7. The van der Waals surface area contributed by atoms with Gasteiger partial charge in [-0.1, -0.05) is 42.5 Å². The molecular weight excluding hydrogens is 372 g/mol. The van der Waals surface area contributed by atoms with Crippen molar-refractivity contribution in [2.75, 3.05) is 13.1 Å². The van der Waals surface area contributed by atoms with Crippen LogP contribution in [0, 0.1) is 6.92 Å². The highest BCUT2D eigenvalue weighted by Gasteiger charge is 2.37. The highest BCUT2D eigenvalue weighted by Crippen LogP contribution is 2.33. The summed E-state index contributed by atoms with van der Waals surface area (Å²) in [4.78, 5) is 17.5. The summed E-state index contributed by atoms with van der Waals surface area (Å²) in [5, 5.41) is 1.07. The average Bonchev–Trinajstić information content (AvgIpc) is 3.37. The Hall–Kier alpha value is -2.43. The van der Waals surface area contributed by atoms with Crippen molar-refractivity contribution in [3.05, 3.63) is 81.7 Å². The number of rotatable bonds is 5. The Morgan fingerprint density at radius 2 is 1.60 bits per heavy atom. The summed E-state index contributed by atoms with van der Waals surface area (Å²) in [7, 11) is 0. The molecule has 0 spiro atoms. The molecule has 2 aliphatic heterocycles. The Morgan fingerprint density at radius 1 is 0.900 bits per heavy atom. The summed E-state index contributed by atoms with van der Waals surface area (Å²) in [5.74, 6) is 0. The molecule has 2 aromatic carbocycles. The van der Waals surface area contributed by atoms with E-state index in [0.29, 0.717) is 17.7 Å². The van der Waals surface area contributed by atoms with Crippen molar-refractivity contribution >= 4 is 11.0 Å². The quantitative estimate of drug-likeness (QED) is 0.578. The Morgan fingerprint density at radius 3 is 2.33 bits per heavy atom. The molecule has 0 aliphatic carbocycles. The third kappa shape index (κ3) is 3.94. The van der Waals surface area contributed by atoms with E-state index in [2.05, 4.69) is 52.3 Å². The van der Waals surface area contributed by atoms with Crippen LogP contribution in [0.3, 0.4) is 0 Å². The van der Waals surface area contributed by atoms with Crippen LogP contribution in [0.4, 0.5) is 0 Å². The molecule has 0 bridgehead atoms. The van der Waals surface area contributed by atoms with Crippen LogP contribution in [0.25, 0.3) is 11.0 Å². The molecule has 2 fully saturated rings. The van der Waals surface area contributed by atoms with Gasteiger partial charge >= 0.3 is 5.63 Å². The molecule has 30 heavy (non-hydrogen) atoms. The SMILES string of the molecule is Cc1ccc2c(CN3CCCC3C3CCCN3Cc3ccccc3)cc(=O)oc2c1. The van der Waals surface area contributed by atoms with Crippen molar-refractivity contribution in [1.82, 2.24) is 9.80 Å². The Balaban J connectivity index is 1.38. The van der Waals surface area contributed by atoms with Crippen LogP contribution in [0.1, 0.15) is 42.4 Å². The lowest BCUT2D eigenvalue weighted by Gasteiger charge is -2.35. The molecule has 1 aromatic heterocycles. The Labute approximate surface area is 178 Å². The maximum Gasteiger partial charge on any atom is 0.336 e. The lowest BCUT2D eigenvalue weighted by molar-refractivity contribution is 0.124. The second kappa shape index (κ2) is 8.37. The number of hydrogen-bond donors (Lipinski definition) is 0.